The minimum Gasteiger partial charge on any atom is -0.504 e. The molecule has 0 heterocycles. The SMILES string of the molecule is COc1cc(C)c(-c2cc(Br)cc(OC)c2O)c(OC)c1. The molecule has 0 saturated heterocycles. The average Bonchev–Trinajstić information content (AvgIpc) is 2.48. The van der Waals surface area contributed by atoms with E-state index in [-0.39, 0.29) is 5.75 Å². The average molecular weight is 353 g/mol. The second-order valence-electron chi connectivity index (χ2n) is 4.53. The number of aromatic hydroxyl groups is 1. The first-order chi connectivity index (χ1) is 10.0. The molecule has 112 valence electrons. The Bertz CT molecular complexity index is 668. The molecular formula is C16H17BrO4. The third kappa shape index (κ3) is 2.93. The summed E-state index contributed by atoms with van der Waals surface area (Å²) >= 11 is 3.43. The molecule has 5 heteroatoms. The van der Waals surface area contributed by atoms with Crippen LogP contribution in [0.25, 0.3) is 11.1 Å². The minimum absolute atomic E-state index is 0.0762. The van der Waals surface area contributed by atoms with E-state index in [0.717, 1.165) is 15.6 Å². The number of phenolic OH excluding ortho intramolecular Hbond substituents is 1. The maximum atomic E-state index is 10.4. The lowest BCUT2D eigenvalue weighted by atomic mass is 9.98. The van der Waals surface area contributed by atoms with E-state index in [9.17, 15) is 5.11 Å². The van der Waals surface area contributed by atoms with Gasteiger partial charge in [-0.3, -0.25) is 0 Å². The lowest BCUT2D eigenvalue weighted by Crippen LogP contribution is -1.95. The number of rotatable bonds is 4. The van der Waals surface area contributed by atoms with Crippen LogP contribution in [-0.4, -0.2) is 26.4 Å². The van der Waals surface area contributed by atoms with E-state index in [1.807, 2.05) is 19.1 Å². The second-order valence-corrected chi connectivity index (χ2v) is 5.44. The number of hydrogen-bond donors (Lipinski definition) is 1. The van der Waals surface area contributed by atoms with Crippen molar-refractivity contribution in [1.29, 1.82) is 0 Å². The van der Waals surface area contributed by atoms with Gasteiger partial charge in [-0.25, -0.2) is 0 Å². The molecule has 4 nitrogen and oxygen atoms in total. The van der Waals surface area contributed by atoms with E-state index in [4.69, 9.17) is 14.2 Å². The maximum Gasteiger partial charge on any atom is 0.165 e. The van der Waals surface area contributed by atoms with Crippen LogP contribution in [0.3, 0.4) is 0 Å². The zero-order valence-electron chi connectivity index (χ0n) is 12.4. The third-order valence-corrected chi connectivity index (χ3v) is 3.72. The molecule has 0 aliphatic rings. The molecule has 0 unspecified atom stereocenters. The first-order valence-corrected chi connectivity index (χ1v) is 7.10. The Kier molecular flexibility index (Phi) is 4.63. The Morgan fingerprint density at radius 2 is 1.57 bits per heavy atom. The molecule has 21 heavy (non-hydrogen) atoms. The Morgan fingerprint density at radius 3 is 2.14 bits per heavy atom. The van der Waals surface area contributed by atoms with Gasteiger partial charge in [0.25, 0.3) is 0 Å². The predicted molar refractivity (Wildman–Crippen MR) is 85.6 cm³/mol. The molecule has 0 atom stereocenters. The van der Waals surface area contributed by atoms with Gasteiger partial charge in [-0.15, -0.1) is 0 Å². The van der Waals surface area contributed by atoms with Crippen LogP contribution in [0.1, 0.15) is 5.56 Å². The normalized spacial score (nSPS) is 10.3. The lowest BCUT2D eigenvalue weighted by Gasteiger charge is -2.16. The van der Waals surface area contributed by atoms with Gasteiger partial charge in [0, 0.05) is 21.7 Å². The van der Waals surface area contributed by atoms with Crippen molar-refractivity contribution < 1.29 is 19.3 Å². The summed E-state index contributed by atoms with van der Waals surface area (Å²) in [5, 5.41) is 10.4. The van der Waals surface area contributed by atoms with Crippen molar-refractivity contribution >= 4 is 15.9 Å². The molecule has 0 bridgehead atoms. The number of hydrogen-bond acceptors (Lipinski definition) is 4. The maximum absolute atomic E-state index is 10.4. The van der Waals surface area contributed by atoms with Gasteiger partial charge in [-0.05, 0) is 30.7 Å². The fourth-order valence-electron chi connectivity index (χ4n) is 2.27. The molecule has 0 radical (unpaired) electrons. The largest absolute Gasteiger partial charge is 0.504 e. The number of aryl methyl sites for hydroxylation is 1. The van der Waals surface area contributed by atoms with Gasteiger partial charge in [0.2, 0.25) is 0 Å². The van der Waals surface area contributed by atoms with Crippen molar-refractivity contribution in [3.8, 4) is 34.1 Å². The van der Waals surface area contributed by atoms with Gasteiger partial charge in [-0.2, -0.15) is 0 Å². The van der Waals surface area contributed by atoms with Crippen LogP contribution in [0, 0.1) is 6.92 Å². The van der Waals surface area contributed by atoms with Gasteiger partial charge in [0.15, 0.2) is 11.5 Å². The molecule has 2 rings (SSSR count). The molecule has 0 amide bonds. The second kappa shape index (κ2) is 6.26. The topological polar surface area (TPSA) is 47.9 Å². The van der Waals surface area contributed by atoms with Crippen molar-refractivity contribution in [2.75, 3.05) is 21.3 Å². The zero-order valence-corrected chi connectivity index (χ0v) is 13.9. The van der Waals surface area contributed by atoms with Gasteiger partial charge in [0.1, 0.15) is 11.5 Å². The van der Waals surface area contributed by atoms with Crippen molar-refractivity contribution in [2.24, 2.45) is 0 Å². The summed E-state index contributed by atoms with van der Waals surface area (Å²) in [6.07, 6.45) is 0. The summed E-state index contributed by atoms with van der Waals surface area (Å²) in [7, 11) is 4.71. The predicted octanol–water partition coefficient (Wildman–Crippen LogP) is 4.16. The third-order valence-electron chi connectivity index (χ3n) is 3.26. The smallest absolute Gasteiger partial charge is 0.165 e. The molecule has 0 aromatic heterocycles. The zero-order chi connectivity index (χ0) is 15.6. The van der Waals surface area contributed by atoms with Crippen LogP contribution in [0.15, 0.2) is 28.7 Å². The molecule has 0 aliphatic heterocycles. The van der Waals surface area contributed by atoms with Gasteiger partial charge in [0.05, 0.1) is 21.3 Å². The summed E-state index contributed by atoms with van der Waals surface area (Å²) < 4.78 is 16.7. The molecular weight excluding hydrogens is 336 g/mol. The van der Waals surface area contributed by atoms with Crippen molar-refractivity contribution in [3.05, 3.63) is 34.3 Å². The highest BCUT2D eigenvalue weighted by Crippen LogP contribution is 2.45. The number of benzene rings is 2. The molecule has 1 N–H and O–H groups in total. The first-order valence-electron chi connectivity index (χ1n) is 6.31. The monoisotopic (exact) mass is 352 g/mol. The van der Waals surface area contributed by atoms with Gasteiger partial charge in [-0.1, -0.05) is 15.9 Å². The van der Waals surface area contributed by atoms with Crippen LogP contribution in [0.4, 0.5) is 0 Å². The number of phenols is 1. The highest BCUT2D eigenvalue weighted by molar-refractivity contribution is 9.10. The Hall–Kier alpha value is -1.88. The number of ether oxygens (including phenoxy) is 3. The van der Waals surface area contributed by atoms with Crippen LogP contribution in [-0.2, 0) is 0 Å². The fraction of sp³-hybridized carbons (Fsp3) is 0.250. The van der Waals surface area contributed by atoms with Crippen LogP contribution in [0.5, 0.6) is 23.0 Å². The highest BCUT2D eigenvalue weighted by atomic mass is 79.9. The molecule has 0 saturated carbocycles. The number of halogens is 1. The standard InChI is InChI=1S/C16H17BrO4/c1-9-5-11(19-2)8-13(20-3)15(9)12-6-10(17)7-14(21-4)16(12)18/h5-8,18H,1-4H3. The molecule has 2 aromatic rings. The number of methoxy groups -OCH3 is 3. The minimum atomic E-state index is 0.0762. The first kappa shape index (κ1) is 15.5. The quantitative estimate of drug-likeness (QED) is 0.897. The summed E-state index contributed by atoms with van der Waals surface area (Å²) in [5.41, 5.74) is 2.37. The lowest BCUT2D eigenvalue weighted by molar-refractivity contribution is 0.373. The van der Waals surface area contributed by atoms with Crippen molar-refractivity contribution in [1.82, 2.24) is 0 Å². The van der Waals surface area contributed by atoms with Gasteiger partial charge >= 0.3 is 0 Å². The fourth-order valence-corrected chi connectivity index (χ4v) is 2.70. The van der Waals surface area contributed by atoms with E-state index in [1.54, 1.807) is 26.4 Å². The summed E-state index contributed by atoms with van der Waals surface area (Å²) in [6, 6.07) is 7.22. The Labute approximate surface area is 132 Å². The van der Waals surface area contributed by atoms with Crippen LogP contribution < -0.4 is 14.2 Å². The van der Waals surface area contributed by atoms with E-state index in [0.29, 0.717) is 22.8 Å². The Balaban J connectivity index is 2.75. The van der Waals surface area contributed by atoms with E-state index < -0.39 is 0 Å². The van der Waals surface area contributed by atoms with Crippen molar-refractivity contribution in [3.63, 3.8) is 0 Å². The molecule has 0 spiro atoms. The molecule has 0 aliphatic carbocycles. The van der Waals surface area contributed by atoms with E-state index in [2.05, 4.69) is 15.9 Å². The molecule has 0 fully saturated rings. The molecule has 2 aromatic carbocycles. The van der Waals surface area contributed by atoms with E-state index in [1.165, 1.54) is 7.11 Å². The summed E-state index contributed by atoms with van der Waals surface area (Å²) in [6.45, 7) is 1.94. The summed E-state index contributed by atoms with van der Waals surface area (Å²) in [4.78, 5) is 0. The van der Waals surface area contributed by atoms with Crippen LogP contribution >= 0.6 is 15.9 Å². The van der Waals surface area contributed by atoms with Crippen molar-refractivity contribution in [2.45, 2.75) is 6.92 Å². The summed E-state index contributed by atoms with van der Waals surface area (Å²) in [5.74, 6) is 1.81. The van der Waals surface area contributed by atoms with E-state index >= 15 is 0 Å². The Morgan fingerprint density at radius 1 is 0.905 bits per heavy atom. The highest BCUT2D eigenvalue weighted by Gasteiger charge is 2.18. The van der Waals surface area contributed by atoms with Crippen LogP contribution in [0.2, 0.25) is 0 Å². The van der Waals surface area contributed by atoms with Gasteiger partial charge < -0.3 is 19.3 Å².